The molecule has 0 aliphatic carbocycles. The molecule has 1 saturated heterocycles. The monoisotopic (exact) mass is 221 g/mol. The van der Waals surface area contributed by atoms with Crippen LogP contribution < -0.4 is 5.32 Å². The van der Waals surface area contributed by atoms with Crippen LogP contribution in [0.5, 0.6) is 5.75 Å². The quantitative estimate of drug-likeness (QED) is 0.740. The van der Waals surface area contributed by atoms with Gasteiger partial charge in [-0.3, -0.25) is 10.1 Å². The maximum Gasteiger partial charge on any atom is 0.322 e. The fraction of sp³-hybridized carbons (Fsp3) is 0.417. The third-order valence-electron chi connectivity index (χ3n) is 2.90. The van der Waals surface area contributed by atoms with Crippen molar-refractivity contribution in [1.29, 1.82) is 0 Å². The summed E-state index contributed by atoms with van der Waals surface area (Å²) in [6, 6.07) is 7.00. The number of hydrogen-bond acceptors (Lipinski definition) is 4. The second-order valence-corrected chi connectivity index (χ2v) is 3.97. The van der Waals surface area contributed by atoms with E-state index in [1.165, 1.54) is 7.11 Å². The minimum Gasteiger partial charge on any atom is -0.508 e. The highest BCUT2D eigenvalue weighted by molar-refractivity contribution is 5.76. The average Bonchev–Trinajstić information content (AvgIpc) is 2.77. The number of phenolic OH excluding ortho intramolecular Hbond substituents is 1. The third kappa shape index (κ3) is 2.17. The van der Waals surface area contributed by atoms with Crippen LogP contribution in [0.25, 0.3) is 0 Å². The number of esters is 1. The molecule has 1 heterocycles. The minimum atomic E-state index is -0.225. The molecule has 0 bridgehead atoms. The maximum atomic E-state index is 11.3. The Balaban J connectivity index is 2.06. The van der Waals surface area contributed by atoms with E-state index in [9.17, 15) is 9.90 Å². The molecule has 1 aromatic rings. The third-order valence-corrected chi connectivity index (χ3v) is 2.90. The fourth-order valence-corrected chi connectivity index (χ4v) is 2.08. The molecule has 1 aliphatic rings. The summed E-state index contributed by atoms with van der Waals surface area (Å²) >= 11 is 0. The fourth-order valence-electron chi connectivity index (χ4n) is 2.08. The van der Waals surface area contributed by atoms with Gasteiger partial charge < -0.3 is 9.84 Å². The van der Waals surface area contributed by atoms with Gasteiger partial charge in [-0.1, -0.05) is 12.1 Å². The Morgan fingerprint density at radius 3 is 3.00 bits per heavy atom. The van der Waals surface area contributed by atoms with E-state index < -0.39 is 0 Å². The molecule has 0 saturated carbocycles. The topological polar surface area (TPSA) is 58.6 Å². The van der Waals surface area contributed by atoms with Gasteiger partial charge in [0.25, 0.3) is 0 Å². The lowest BCUT2D eigenvalue weighted by Crippen LogP contribution is -2.33. The Hall–Kier alpha value is -1.55. The first-order valence-electron chi connectivity index (χ1n) is 5.33. The Labute approximate surface area is 94.2 Å². The number of rotatable bonds is 2. The van der Waals surface area contributed by atoms with Gasteiger partial charge in [0, 0.05) is 6.04 Å². The molecule has 16 heavy (non-hydrogen) atoms. The van der Waals surface area contributed by atoms with E-state index in [4.69, 9.17) is 4.74 Å². The molecule has 2 atom stereocenters. The first-order valence-corrected chi connectivity index (χ1v) is 5.33. The number of nitrogens with one attached hydrogen (secondary N) is 1. The van der Waals surface area contributed by atoms with Gasteiger partial charge in [0.1, 0.15) is 11.8 Å². The molecule has 86 valence electrons. The van der Waals surface area contributed by atoms with E-state index in [2.05, 4.69) is 5.32 Å². The second-order valence-electron chi connectivity index (χ2n) is 3.97. The largest absolute Gasteiger partial charge is 0.508 e. The van der Waals surface area contributed by atoms with E-state index >= 15 is 0 Å². The lowest BCUT2D eigenvalue weighted by molar-refractivity contribution is -0.142. The zero-order chi connectivity index (χ0) is 11.5. The molecule has 2 rings (SSSR count). The van der Waals surface area contributed by atoms with Gasteiger partial charge in [-0.15, -0.1) is 0 Å². The summed E-state index contributed by atoms with van der Waals surface area (Å²) in [6.07, 6.45) is 1.65. The molecule has 0 amide bonds. The van der Waals surface area contributed by atoms with Gasteiger partial charge >= 0.3 is 5.97 Å². The van der Waals surface area contributed by atoms with Crippen LogP contribution in [0, 0.1) is 0 Å². The van der Waals surface area contributed by atoms with Crippen molar-refractivity contribution in [2.75, 3.05) is 7.11 Å². The summed E-state index contributed by atoms with van der Waals surface area (Å²) in [7, 11) is 1.39. The van der Waals surface area contributed by atoms with Gasteiger partial charge in [-0.05, 0) is 30.5 Å². The van der Waals surface area contributed by atoms with Crippen molar-refractivity contribution in [3.05, 3.63) is 29.8 Å². The molecule has 0 aromatic heterocycles. The predicted octanol–water partition coefficient (Wildman–Crippen LogP) is 1.36. The molecule has 0 radical (unpaired) electrons. The summed E-state index contributed by atoms with van der Waals surface area (Å²) in [5.74, 6) is 0.0310. The molecule has 0 spiro atoms. The number of benzene rings is 1. The van der Waals surface area contributed by atoms with E-state index in [0.717, 1.165) is 18.4 Å². The Kier molecular flexibility index (Phi) is 3.10. The molecular formula is C12H15NO3. The summed E-state index contributed by atoms with van der Waals surface area (Å²) < 4.78 is 4.69. The Morgan fingerprint density at radius 2 is 2.31 bits per heavy atom. The van der Waals surface area contributed by atoms with Crippen molar-refractivity contribution in [3.63, 3.8) is 0 Å². The van der Waals surface area contributed by atoms with Gasteiger partial charge in [0.15, 0.2) is 0 Å². The van der Waals surface area contributed by atoms with Crippen LogP contribution in [-0.4, -0.2) is 24.2 Å². The van der Waals surface area contributed by atoms with E-state index in [1.807, 2.05) is 6.07 Å². The second kappa shape index (κ2) is 4.53. The van der Waals surface area contributed by atoms with Crippen LogP contribution in [0.2, 0.25) is 0 Å². The van der Waals surface area contributed by atoms with Gasteiger partial charge in [0.2, 0.25) is 0 Å². The normalized spacial score (nSPS) is 24.3. The number of methoxy groups -OCH3 is 1. The van der Waals surface area contributed by atoms with Gasteiger partial charge in [-0.2, -0.15) is 0 Å². The predicted molar refractivity (Wildman–Crippen MR) is 59.0 cm³/mol. The first kappa shape index (κ1) is 11.0. The Bertz CT molecular complexity index is 392. The zero-order valence-corrected chi connectivity index (χ0v) is 9.14. The lowest BCUT2D eigenvalue weighted by Gasteiger charge is -2.13. The van der Waals surface area contributed by atoms with Crippen molar-refractivity contribution in [2.24, 2.45) is 0 Å². The van der Waals surface area contributed by atoms with Crippen molar-refractivity contribution >= 4 is 5.97 Å². The van der Waals surface area contributed by atoms with Crippen molar-refractivity contribution in [1.82, 2.24) is 5.32 Å². The van der Waals surface area contributed by atoms with Crippen molar-refractivity contribution in [3.8, 4) is 5.75 Å². The van der Waals surface area contributed by atoms with Crippen LogP contribution in [0.15, 0.2) is 24.3 Å². The zero-order valence-electron chi connectivity index (χ0n) is 9.14. The number of hydrogen-bond donors (Lipinski definition) is 2. The molecule has 1 aliphatic heterocycles. The van der Waals surface area contributed by atoms with Crippen LogP contribution in [0.1, 0.15) is 24.4 Å². The van der Waals surface area contributed by atoms with Gasteiger partial charge in [-0.25, -0.2) is 0 Å². The summed E-state index contributed by atoms with van der Waals surface area (Å²) in [4.78, 5) is 11.3. The number of aromatic hydroxyl groups is 1. The summed E-state index contributed by atoms with van der Waals surface area (Å²) in [5, 5.41) is 12.6. The molecule has 1 unspecified atom stereocenters. The smallest absolute Gasteiger partial charge is 0.322 e. The van der Waals surface area contributed by atoms with E-state index in [-0.39, 0.29) is 23.8 Å². The molecule has 4 heteroatoms. The van der Waals surface area contributed by atoms with Crippen LogP contribution >= 0.6 is 0 Å². The highest BCUT2D eigenvalue weighted by atomic mass is 16.5. The first-order chi connectivity index (χ1) is 7.70. The van der Waals surface area contributed by atoms with Crippen molar-refractivity contribution < 1.29 is 14.6 Å². The van der Waals surface area contributed by atoms with E-state index in [1.54, 1.807) is 18.2 Å². The lowest BCUT2D eigenvalue weighted by atomic mass is 10.1. The van der Waals surface area contributed by atoms with Gasteiger partial charge in [0.05, 0.1) is 7.11 Å². The standard InChI is InChI=1S/C12H15NO3/c1-16-12(15)11-6-5-10(13-11)8-3-2-4-9(14)7-8/h2-4,7,10-11,13-14H,5-6H2,1H3/t10?,11-/m0/s1. The highest BCUT2D eigenvalue weighted by Crippen LogP contribution is 2.28. The van der Waals surface area contributed by atoms with Crippen LogP contribution in [0.3, 0.4) is 0 Å². The number of carbonyl (C=O) groups is 1. The molecular weight excluding hydrogens is 206 g/mol. The van der Waals surface area contributed by atoms with Crippen molar-refractivity contribution in [2.45, 2.75) is 24.9 Å². The number of ether oxygens (including phenoxy) is 1. The highest BCUT2D eigenvalue weighted by Gasteiger charge is 2.30. The molecule has 1 fully saturated rings. The van der Waals surface area contributed by atoms with E-state index in [0.29, 0.717) is 0 Å². The molecule has 1 aromatic carbocycles. The summed E-state index contributed by atoms with van der Waals surface area (Å²) in [5.41, 5.74) is 1.01. The number of carbonyl (C=O) groups excluding carboxylic acids is 1. The Morgan fingerprint density at radius 1 is 1.50 bits per heavy atom. The molecule has 2 N–H and O–H groups in total. The number of phenols is 1. The maximum absolute atomic E-state index is 11.3. The minimum absolute atomic E-state index is 0.121. The average molecular weight is 221 g/mol. The SMILES string of the molecule is COC(=O)[C@@H]1CCC(c2cccc(O)c2)N1. The summed E-state index contributed by atoms with van der Waals surface area (Å²) in [6.45, 7) is 0. The van der Waals surface area contributed by atoms with Crippen LogP contribution in [-0.2, 0) is 9.53 Å². The molecule has 4 nitrogen and oxygen atoms in total. The van der Waals surface area contributed by atoms with Crippen LogP contribution in [0.4, 0.5) is 0 Å².